The van der Waals surface area contributed by atoms with Gasteiger partial charge in [0.05, 0.1) is 32.1 Å². The fourth-order valence-electron chi connectivity index (χ4n) is 2.24. The number of ether oxygens (including phenoxy) is 1. The van der Waals surface area contributed by atoms with Crippen molar-refractivity contribution in [2.24, 2.45) is 0 Å². The number of thioether (sulfide) groups is 1. The molecule has 0 radical (unpaired) electrons. The summed E-state index contributed by atoms with van der Waals surface area (Å²) in [6.07, 6.45) is 2.12. The monoisotopic (exact) mass is 373 g/mol. The van der Waals surface area contributed by atoms with Gasteiger partial charge < -0.3 is 18.5 Å². The van der Waals surface area contributed by atoms with E-state index in [-0.39, 0.29) is 11.7 Å². The van der Waals surface area contributed by atoms with Crippen LogP contribution in [0.3, 0.4) is 0 Å². The van der Waals surface area contributed by atoms with Crippen LogP contribution in [0.15, 0.2) is 56.7 Å². The lowest BCUT2D eigenvalue weighted by molar-refractivity contribution is -0.127. The third kappa shape index (κ3) is 4.89. The third-order valence-electron chi connectivity index (χ3n) is 3.68. The van der Waals surface area contributed by atoms with Crippen molar-refractivity contribution in [1.29, 1.82) is 0 Å². The third-order valence-corrected chi connectivity index (χ3v) is 4.48. The Balaban J connectivity index is 1.49. The zero-order chi connectivity index (χ0) is 18.4. The minimum Gasteiger partial charge on any atom is -0.497 e. The van der Waals surface area contributed by atoms with E-state index in [1.807, 2.05) is 30.3 Å². The van der Waals surface area contributed by atoms with Crippen molar-refractivity contribution in [3.8, 4) is 5.75 Å². The molecule has 26 heavy (non-hydrogen) atoms. The molecule has 0 aliphatic heterocycles. The summed E-state index contributed by atoms with van der Waals surface area (Å²) in [4.78, 5) is 13.8. The number of methoxy groups -OCH3 is 1. The van der Waals surface area contributed by atoms with Crippen molar-refractivity contribution < 1.29 is 18.4 Å². The second-order valence-electron chi connectivity index (χ2n) is 5.60. The van der Waals surface area contributed by atoms with E-state index in [4.69, 9.17) is 13.6 Å². The number of hydrogen-bond donors (Lipinski definition) is 0. The van der Waals surface area contributed by atoms with Crippen molar-refractivity contribution >= 4 is 17.7 Å². The maximum Gasteiger partial charge on any atom is 0.277 e. The highest BCUT2D eigenvalue weighted by Gasteiger charge is 2.14. The van der Waals surface area contributed by atoms with Gasteiger partial charge in [0, 0.05) is 7.05 Å². The highest BCUT2D eigenvalue weighted by atomic mass is 32.2. The molecule has 0 saturated heterocycles. The molecule has 0 spiro atoms. The number of nitrogens with zero attached hydrogens (tertiary/aromatic N) is 3. The number of carbonyl (C=O) groups is 1. The van der Waals surface area contributed by atoms with Crippen LogP contribution < -0.4 is 4.74 Å². The van der Waals surface area contributed by atoms with Crippen LogP contribution in [0, 0.1) is 0 Å². The normalized spacial score (nSPS) is 10.7. The average Bonchev–Trinajstić information content (AvgIpc) is 3.32. The Morgan fingerprint density at radius 1 is 1.23 bits per heavy atom. The van der Waals surface area contributed by atoms with Gasteiger partial charge in [-0.3, -0.25) is 4.79 Å². The first kappa shape index (κ1) is 18.1. The second-order valence-corrected chi connectivity index (χ2v) is 6.53. The largest absolute Gasteiger partial charge is 0.497 e. The Kier molecular flexibility index (Phi) is 5.96. The summed E-state index contributed by atoms with van der Waals surface area (Å²) in [6.45, 7) is 0.430. The molecule has 8 heteroatoms. The number of benzene rings is 1. The Labute approximate surface area is 155 Å². The fraction of sp³-hybridized carbons (Fsp3) is 0.278. The summed E-state index contributed by atoms with van der Waals surface area (Å²) in [5.74, 6) is 2.23. The highest BCUT2D eigenvalue weighted by Crippen LogP contribution is 2.19. The first-order chi connectivity index (χ1) is 12.6. The summed E-state index contributed by atoms with van der Waals surface area (Å²) in [6, 6.07) is 11.3. The summed E-state index contributed by atoms with van der Waals surface area (Å²) in [5.41, 5.74) is 1.04. The maximum atomic E-state index is 12.2. The number of hydrogen-bond acceptors (Lipinski definition) is 7. The molecule has 1 amide bonds. The van der Waals surface area contributed by atoms with Crippen LogP contribution in [0.5, 0.6) is 5.75 Å². The van der Waals surface area contributed by atoms with Gasteiger partial charge in [0.25, 0.3) is 5.22 Å². The predicted octanol–water partition coefficient (Wildman–Crippen LogP) is 3.01. The zero-order valence-electron chi connectivity index (χ0n) is 14.5. The Morgan fingerprint density at radius 2 is 2.04 bits per heavy atom. The highest BCUT2D eigenvalue weighted by molar-refractivity contribution is 7.99. The predicted molar refractivity (Wildman–Crippen MR) is 96.0 cm³/mol. The van der Waals surface area contributed by atoms with Crippen LogP contribution in [0.1, 0.15) is 17.2 Å². The smallest absolute Gasteiger partial charge is 0.277 e. The molecule has 0 N–H and O–H groups in total. The molecule has 1 aromatic carbocycles. The maximum absolute atomic E-state index is 12.2. The molecule has 2 heterocycles. The molecule has 0 aliphatic rings. The van der Waals surface area contributed by atoms with Gasteiger partial charge in [0.15, 0.2) is 0 Å². The van der Waals surface area contributed by atoms with Gasteiger partial charge >= 0.3 is 0 Å². The molecule has 0 aliphatic carbocycles. The topological polar surface area (TPSA) is 81.6 Å². The molecule has 2 aromatic heterocycles. The molecule has 0 atom stereocenters. The molecule has 0 saturated carbocycles. The van der Waals surface area contributed by atoms with Crippen LogP contribution in [0.2, 0.25) is 0 Å². The summed E-state index contributed by atoms with van der Waals surface area (Å²) >= 11 is 1.22. The van der Waals surface area contributed by atoms with Crippen LogP contribution in [-0.2, 0) is 17.8 Å². The molecule has 0 fully saturated rings. The molecular formula is C18H19N3O4S. The van der Waals surface area contributed by atoms with E-state index in [1.165, 1.54) is 11.8 Å². The van der Waals surface area contributed by atoms with Gasteiger partial charge in [0.2, 0.25) is 11.8 Å². The van der Waals surface area contributed by atoms with Crippen LogP contribution in [-0.4, -0.2) is 40.9 Å². The van der Waals surface area contributed by atoms with Crippen LogP contribution >= 0.6 is 11.8 Å². The van der Waals surface area contributed by atoms with Crippen LogP contribution in [0.4, 0.5) is 0 Å². The molecule has 7 nitrogen and oxygen atoms in total. The Bertz CT molecular complexity index is 831. The molecule has 136 valence electrons. The van der Waals surface area contributed by atoms with E-state index in [9.17, 15) is 4.79 Å². The van der Waals surface area contributed by atoms with Gasteiger partial charge in [-0.2, -0.15) is 0 Å². The first-order valence-corrected chi connectivity index (χ1v) is 8.97. The number of amides is 1. The summed E-state index contributed by atoms with van der Waals surface area (Å²) < 4.78 is 16.0. The van der Waals surface area contributed by atoms with E-state index in [0.29, 0.717) is 24.1 Å². The van der Waals surface area contributed by atoms with E-state index in [2.05, 4.69) is 10.2 Å². The van der Waals surface area contributed by atoms with Crippen molar-refractivity contribution in [2.75, 3.05) is 19.9 Å². The van der Waals surface area contributed by atoms with Crippen molar-refractivity contribution in [3.05, 3.63) is 59.9 Å². The van der Waals surface area contributed by atoms with E-state index in [1.54, 1.807) is 31.4 Å². The minimum atomic E-state index is -0.0405. The molecule has 0 unspecified atom stereocenters. The van der Waals surface area contributed by atoms with Gasteiger partial charge in [-0.15, -0.1) is 10.2 Å². The SMILES string of the molecule is COc1ccc(Cc2nnc(SCC(=O)N(C)Cc3ccco3)o2)cc1. The fourth-order valence-corrected chi connectivity index (χ4v) is 2.97. The standard InChI is InChI=1S/C18H19N3O4S/c1-21(11-15-4-3-9-24-15)17(22)12-26-18-20-19-16(25-18)10-13-5-7-14(23-2)8-6-13/h3-9H,10-12H2,1-2H3. The quantitative estimate of drug-likeness (QED) is 0.561. The Hall–Kier alpha value is -2.74. The molecule has 3 aromatic rings. The van der Waals surface area contributed by atoms with Crippen molar-refractivity contribution in [2.45, 2.75) is 18.2 Å². The van der Waals surface area contributed by atoms with E-state index >= 15 is 0 Å². The second kappa shape index (κ2) is 8.57. The van der Waals surface area contributed by atoms with Gasteiger partial charge in [0.1, 0.15) is 11.5 Å². The lowest BCUT2D eigenvalue weighted by atomic mass is 10.1. The van der Waals surface area contributed by atoms with Gasteiger partial charge in [-0.25, -0.2) is 0 Å². The Morgan fingerprint density at radius 3 is 2.73 bits per heavy atom. The molecule has 0 bridgehead atoms. The van der Waals surface area contributed by atoms with Gasteiger partial charge in [-0.1, -0.05) is 23.9 Å². The summed E-state index contributed by atoms with van der Waals surface area (Å²) in [5, 5.41) is 8.40. The summed E-state index contributed by atoms with van der Waals surface area (Å²) in [7, 11) is 3.36. The number of furan rings is 1. The minimum absolute atomic E-state index is 0.0405. The molecule has 3 rings (SSSR count). The van der Waals surface area contributed by atoms with Gasteiger partial charge in [-0.05, 0) is 29.8 Å². The lowest BCUT2D eigenvalue weighted by Crippen LogP contribution is -2.27. The van der Waals surface area contributed by atoms with Crippen LogP contribution in [0.25, 0.3) is 0 Å². The first-order valence-electron chi connectivity index (χ1n) is 7.98. The van der Waals surface area contributed by atoms with Crippen molar-refractivity contribution in [3.63, 3.8) is 0 Å². The molecular weight excluding hydrogens is 354 g/mol. The zero-order valence-corrected chi connectivity index (χ0v) is 15.4. The average molecular weight is 373 g/mol. The number of rotatable bonds is 8. The van der Waals surface area contributed by atoms with E-state index < -0.39 is 0 Å². The lowest BCUT2D eigenvalue weighted by Gasteiger charge is -2.14. The van der Waals surface area contributed by atoms with E-state index in [0.717, 1.165) is 17.1 Å². The number of aromatic nitrogens is 2. The van der Waals surface area contributed by atoms with Crippen molar-refractivity contribution in [1.82, 2.24) is 15.1 Å². The number of carbonyl (C=O) groups excluding carboxylic acids is 1.